The number of nitrogens with two attached hydrogens (primary N) is 1. The molecule has 3 aromatic rings. The van der Waals surface area contributed by atoms with Crippen LogP contribution in [-0.4, -0.2) is 24.2 Å². The number of hydrogen-bond donors (Lipinski definition) is 2. The number of nitrogen functional groups attached to an aromatic ring is 1. The van der Waals surface area contributed by atoms with Crippen LogP contribution in [0, 0.1) is 0 Å². The highest BCUT2D eigenvalue weighted by atomic mass is 16.5. The van der Waals surface area contributed by atoms with Crippen LogP contribution in [0.1, 0.15) is 11.1 Å². The molecule has 0 saturated heterocycles. The Bertz CT molecular complexity index is 853. The van der Waals surface area contributed by atoms with E-state index >= 15 is 0 Å². The molecule has 0 aliphatic rings. The van der Waals surface area contributed by atoms with Crippen molar-refractivity contribution in [1.82, 2.24) is 9.97 Å². The maximum Gasteiger partial charge on any atom is 0.244 e. The fourth-order valence-corrected chi connectivity index (χ4v) is 2.29. The molecule has 124 valence electrons. The molecule has 0 unspecified atom stereocenters. The van der Waals surface area contributed by atoms with Gasteiger partial charge in [0.1, 0.15) is 29.5 Å². The van der Waals surface area contributed by atoms with Crippen molar-refractivity contribution < 1.29 is 4.74 Å². The van der Waals surface area contributed by atoms with Gasteiger partial charge in [0.15, 0.2) is 0 Å². The summed E-state index contributed by atoms with van der Waals surface area (Å²) in [5.74, 6) is 2.66. The predicted molar refractivity (Wildman–Crippen MR) is 103 cm³/mol. The second-order valence-electron chi connectivity index (χ2n) is 5.32. The number of nitrogens with one attached hydrogen (secondary N) is 1. The van der Waals surface area contributed by atoms with Crippen LogP contribution in [-0.2, 0) is 6.54 Å². The fourth-order valence-electron chi connectivity index (χ4n) is 2.29. The van der Waals surface area contributed by atoms with Gasteiger partial charge in [0.2, 0.25) is 7.98 Å². The Balaban J connectivity index is 1.66. The molecule has 1 heterocycles. The van der Waals surface area contributed by atoms with Gasteiger partial charge in [-0.05, 0) is 29.8 Å². The van der Waals surface area contributed by atoms with Crippen LogP contribution in [0.5, 0.6) is 11.5 Å². The van der Waals surface area contributed by atoms with Gasteiger partial charge in [-0.15, -0.1) is 0 Å². The van der Waals surface area contributed by atoms with Gasteiger partial charge in [0.05, 0.1) is 5.56 Å². The molecule has 0 amide bonds. The van der Waals surface area contributed by atoms with Crippen LogP contribution >= 0.6 is 0 Å². The molecule has 3 N–H and O–H groups in total. The SMILES string of the molecule is B/N=C/c1c(N)ncnc1NCc1ccc(Oc2ccccc2)cc1. The summed E-state index contributed by atoms with van der Waals surface area (Å²) in [4.78, 5) is 12.2. The van der Waals surface area contributed by atoms with Gasteiger partial charge in [-0.1, -0.05) is 30.3 Å². The minimum atomic E-state index is 0.398. The van der Waals surface area contributed by atoms with E-state index in [1.54, 1.807) is 14.2 Å². The van der Waals surface area contributed by atoms with Gasteiger partial charge in [0, 0.05) is 12.8 Å². The Labute approximate surface area is 147 Å². The lowest BCUT2D eigenvalue weighted by molar-refractivity contribution is 0.482. The van der Waals surface area contributed by atoms with Crippen molar-refractivity contribution in [1.29, 1.82) is 0 Å². The smallest absolute Gasteiger partial charge is 0.244 e. The monoisotopic (exact) mass is 331 g/mol. The Morgan fingerprint density at radius 1 is 1.04 bits per heavy atom. The van der Waals surface area contributed by atoms with E-state index < -0.39 is 0 Å². The van der Waals surface area contributed by atoms with Crippen LogP contribution in [0.2, 0.25) is 0 Å². The number of anilines is 2. The van der Waals surface area contributed by atoms with E-state index in [-0.39, 0.29) is 0 Å². The van der Waals surface area contributed by atoms with Crippen LogP contribution in [0.25, 0.3) is 0 Å². The maximum absolute atomic E-state index is 5.87. The van der Waals surface area contributed by atoms with Crippen molar-refractivity contribution in [2.75, 3.05) is 11.1 Å². The molecule has 3 rings (SSSR count). The minimum Gasteiger partial charge on any atom is -0.457 e. The van der Waals surface area contributed by atoms with E-state index in [2.05, 4.69) is 20.2 Å². The highest BCUT2D eigenvalue weighted by Gasteiger charge is 2.06. The lowest BCUT2D eigenvalue weighted by atomic mass is 10.2. The zero-order chi connectivity index (χ0) is 17.5. The van der Waals surface area contributed by atoms with Gasteiger partial charge in [0.25, 0.3) is 0 Å². The first kappa shape index (κ1) is 16.5. The third-order valence-corrected chi connectivity index (χ3v) is 3.54. The highest BCUT2D eigenvalue weighted by molar-refractivity contribution is 6.12. The summed E-state index contributed by atoms with van der Waals surface area (Å²) in [6.07, 6.45) is 3.08. The third-order valence-electron chi connectivity index (χ3n) is 3.54. The lowest BCUT2D eigenvalue weighted by Crippen LogP contribution is -2.08. The molecule has 0 atom stereocenters. The molecule has 6 nitrogen and oxygen atoms in total. The molecule has 0 fully saturated rings. The van der Waals surface area contributed by atoms with Crippen molar-refractivity contribution in [3.05, 3.63) is 72.1 Å². The number of rotatable bonds is 6. The summed E-state index contributed by atoms with van der Waals surface area (Å²) in [5, 5.41) is 3.26. The number of hydrogen-bond acceptors (Lipinski definition) is 6. The molecule has 7 heteroatoms. The standard InChI is InChI=1S/C18H18BN5O/c19-24-11-16-17(20)22-12-23-18(16)21-10-13-6-8-15(9-7-13)25-14-4-2-1-3-5-14/h1-9,11-12H,10,19H2,(H3,20,21,22,23)/b24-11+. The number of aromatic nitrogens is 2. The number of para-hydroxylation sites is 1. The Morgan fingerprint density at radius 3 is 2.48 bits per heavy atom. The van der Waals surface area contributed by atoms with E-state index in [4.69, 9.17) is 10.5 Å². The van der Waals surface area contributed by atoms with Crippen molar-refractivity contribution in [3.63, 3.8) is 0 Å². The van der Waals surface area contributed by atoms with Gasteiger partial charge in [-0.25, -0.2) is 9.97 Å². The van der Waals surface area contributed by atoms with Crippen LogP contribution in [0.4, 0.5) is 11.6 Å². The average molecular weight is 331 g/mol. The number of ether oxygens (including phenoxy) is 1. The van der Waals surface area contributed by atoms with Crippen molar-refractivity contribution in [2.24, 2.45) is 4.90 Å². The van der Waals surface area contributed by atoms with Gasteiger partial charge in [-0.3, -0.25) is 0 Å². The summed E-state index contributed by atoms with van der Waals surface area (Å²) in [7, 11) is 1.68. The Hall–Kier alpha value is -3.35. The molecule has 0 aliphatic carbocycles. The van der Waals surface area contributed by atoms with Gasteiger partial charge >= 0.3 is 0 Å². The van der Waals surface area contributed by atoms with E-state index in [0.29, 0.717) is 23.7 Å². The van der Waals surface area contributed by atoms with Crippen molar-refractivity contribution in [2.45, 2.75) is 6.54 Å². The first-order valence-corrected chi connectivity index (χ1v) is 7.84. The first-order chi connectivity index (χ1) is 12.3. The molecule has 0 saturated carbocycles. The molecule has 0 radical (unpaired) electrons. The van der Waals surface area contributed by atoms with E-state index in [0.717, 1.165) is 17.1 Å². The van der Waals surface area contributed by atoms with E-state index in [1.807, 2.05) is 54.6 Å². The van der Waals surface area contributed by atoms with E-state index in [1.165, 1.54) is 6.33 Å². The normalized spacial score (nSPS) is 10.7. The van der Waals surface area contributed by atoms with Gasteiger partial charge < -0.3 is 20.7 Å². The van der Waals surface area contributed by atoms with Crippen LogP contribution in [0.15, 0.2) is 65.8 Å². The molecule has 0 bridgehead atoms. The first-order valence-electron chi connectivity index (χ1n) is 7.84. The Morgan fingerprint density at radius 2 is 1.76 bits per heavy atom. The summed E-state index contributed by atoms with van der Waals surface area (Å²) < 4.78 is 5.79. The number of benzene rings is 2. The predicted octanol–water partition coefficient (Wildman–Crippen LogP) is 2.43. The fraction of sp³-hybridized carbons (Fsp3) is 0.0556. The highest BCUT2D eigenvalue weighted by Crippen LogP contribution is 2.22. The minimum absolute atomic E-state index is 0.398. The second-order valence-corrected chi connectivity index (χ2v) is 5.32. The largest absolute Gasteiger partial charge is 0.457 e. The molecule has 1 aromatic heterocycles. The zero-order valence-corrected chi connectivity index (χ0v) is 13.9. The Kier molecular flexibility index (Phi) is 5.26. The topological polar surface area (TPSA) is 85.4 Å². The quantitative estimate of drug-likeness (QED) is 0.535. The van der Waals surface area contributed by atoms with Crippen molar-refractivity contribution >= 4 is 25.8 Å². The summed E-state index contributed by atoms with van der Waals surface area (Å²) in [6.45, 7) is 0.604. The zero-order valence-electron chi connectivity index (χ0n) is 13.9. The summed E-state index contributed by atoms with van der Waals surface area (Å²) >= 11 is 0. The number of nitrogens with zero attached hydrogens (tertiary/aromatic N) is 3. The third kappa shape index (κ3) is 4.35. The second kappa shape index (κ2) is 7.96. The van der Waals surface area contributed by atoms with Crippen LogP contribution < -0.4 is 15.8 Å². The summed E-state index contributed by atoms with van der Waals surface area (Å²) in [6, 6.07) is 17.6. The summed E-state index contributed by atoms with van der Waals surface area (Å²) in [5.41, 5.74) is 7.65. The van der Waals surface area contributed by atoms with Crippen molar-refractivity contribution in [3.8, 4) is 11.5 Å². The lowest BCUT2D eigenvalue weighted by Gasteiger charge is -2.10. The maximum atomic E-state index is 5.87. The molecular weight excluding hydrogens is 313 g/mol. The molecule has 0 aliphatic heterocycles. The average Bonchev–Trinajstić information content (AvgIpc) is 2.64. The van der Waals surface area contributed by atoms with Gasteiger partial charge in [-0.2, -0.15) is 0 Å². The molecular formula is C18H18BN5O. The molecule has 2 aromatic carbocycles. The molecule has 25 heavy (non-hydrogen) atoms. The van der Waals surface area contributed by atoms with E-state index in [9.17, 15) is 0 Å². The molecule has 0 spiro atoms. The van der Waals surface area contributed by atoms with Crippen LogP contribution in [0.3, 0.4) is 0 Å².